The van der Waals surface area contributed by atoms with Gasteiger partial charge >= 0.3 is 0 Å². The molecule has 0 unspecified atom stereocenters. The average molecular weight is 309 g/mol. The number of carbonyl (C=O) groups is 2. The Labute approximate surface area is 133 Å². The Morgan fingerprint density at radius 3 is 2.78 bits per heavy atom. The molecule has 2 aromatic rings. The van der Waals surface area contributed by atoms with E-state index in [2.05, 4.69) is 10.6 Å². The van der Waals surface area contributed by atoms with E-state index in [1.807, 2.05) is 6.07 Å². The minimum Gasteiger partial charge on any atom is -0.467 e. The number of ketones is 1. The number of hydrogen-bond donors (Lipinski definition) is 2. The van der Waals surface area contributed by atoms with Gasteiger partial charge in [-0.25, -0.2) is 0 Å². The third kappa shape index (κ3) is 4.58. The van der Waals surface area contributed by atoms with Gasteiger partial charge < -0.3 is 15.1 Å². The summed E-state index contributed by atoms with van der Waals surface area (Å²) in [4.78, 5) is 23.4. The van der Waals surface area contributed by atoms with E-state index in [9.17, 15) is 9.59 Å². The fourth-order valence-corrected chi connectivity index (χ4v) is 1.83. The van der Waals surface area contributed by atoms with Crippen LogP contribution in [0.4, 0.5) is 5.69 Å². The molecule has 0 bridgehead atoms. The molecule has 0 atom stereocenters. The maximum Gasteiger partial charge on any atom is 0.267 e. The summed E-state index contributed by atoms with van der Waals surface area (Å²) in [5, 5.41) is 14.5. The van der Waals surface area contributed by atoms with Crippen molar-refractivity contribution in [2.45, 2.75) is 13.5 Å². The van der Waals surface area contributed by atoms with Crippen LogP contribution in [0.25, 0.3) is 0 Å². The van der Waals surface area contributed by atoms with Crippen LogP contribution in [-0.4, -0.2) is 11.7 Å². The van der Waals surface area contributed by atoms with E-state index in [4.69, 9.17) is 9.68 Å². The van der Waals surface area contributed by atoms with Crippen LogP contribution in [-0.2, 0) is 11.3 Å². The molecule has 6 heteroatoms. The van der Waals surface area contributed by atoms with Crippen molar-refractivity contribution in [3.05, 3.63) is 65.8 Å². The highest BCUT2D eigenvalue weighted by Crippen LogP contribution is 2.12. The first-order valence-corrected chi connectivity index (χ1v) is 6.88. The molecule has 116 valence electrons. The van der Waals surface area contributed by atoms with Crippen molar-refractivity contribution in [2.24, 2.45) is 0 Å². The zero-order valence-electron chi connectivity index (χ0n) is 12.5. The Hall–Kier alpha value is -3.33. The van der Waals surface area contributed by atoms with Crippen molar-refractivity contribution in [3.63, 3.8) is 0 Å². The van der Waals surface area contributed by atoms with Gasteiger partial charge in [0.1, 0.15) is 17.4 Å². The number of carbonyl (C=O) groups excluding carboxylic acids is 2. The fourth-order valence-electron chi connectivity index (χ4n) is 1.83. The predicted molar refractivity (Wildman–Crippen MR) is 84.3 cm³/mol. The third-order valence-electron chi connectivity index (χ3n) is 2.99. The van der Waals surface area contributed by atoms with E-state index in [0.29, 0.717) is 23.6 Å². The van der Waals surface area contributed by atoms with Gasteiger partial charge in [0, 0.05) is 17.5 Å². The number of nitrogens with one attached hydrogen (secondary N) is 2. The molecule has 0 radical (unpaired) electrons. The van der Waals surface area contributed by atoms with Crippen molar-refractivity contribution in [1.82, 2.24) is 5.32 Å². The summed E-state index contributed by atoms with van der Waals surface area (Å²) < 4.78 is 5.13. The number of nitrogens with zero attached hydrogens (tertiary/aromatic N) is 1. The molecular weight excluding hydrogens is 294 g/mol. The van der Waals surface area contributed by atoms with Gasteiger partial charge in [0.2, 0.25) is 0 Å². The van der Waals surface area contributed by atoms with E-state index in [0.717, 1.165) is 0 Å². The molecule has 1 aromatic heterocycles. The summed E-state index contributed by atoms with van der Waals surface area (Å²) in [6.45, 7) is 1.81. The molecule has 0 aliphatic heterocycles. The summed E-state index contributed by atoms with van der Waals surface area (Å²) in [6, 6.07) is 11.9. The molecule has 6 nitrogen and oxygen atoms in total. The monoisotopic (exact) mass is 309 g/mol. The Morgan fingerprint density at radius 1 is 1.30 bits per heavy atom. The summed E-state index contributed by atoms with van der Waals surface area (Å²) >= 11 is 0. The van der Waals surface area contributed by atoms with Crippen LogP contribution >= 0.6 is 0 Å². The molecule has 2 rings (SSSR count). The molecule has 0 spiro atoms. The lowest BCUT2D eigenvalue weighted by Gasteiger charge is -2.06. The number of hydrogen-bond acceptors (Lipinski definition) is 5. The lowest BCUT2D eigenvalue weighted by atomic mass is 10.1. The molecule has 1 heterocycles. The Morgan fingerprint density at radius 2 is 2.13 bits per heavy atom. The summed E-state index contributed by atoms with van der Waals surface area (Å²) in [5.41, 5.74) is 0.862. The lowest BCUT2D eigenvalue weighted by molar-refractivity contribution is -0.112. The second-order valence-corrected chi connectivity index (χ2v) is 4.72. The molecule has 1 amide bonds. The van der Waals surface area contributed by atoms with E-state index in [-0.39, 0.29) is 11.4 Å². The van der Waals surface area contributed by atoms with Gasteiger partial charge in [0.25, 0.3) is 5.91 Å². The Balaban J connectivity index is 2.01. The highest BCUT2D eigenvalue weighted by molar-refractivity contribution is 6.07. The molecule has 2 N–H and O–H groups in total. The minimum absolute atomic E-state index is 0.0789. The van der Waals surface area contributed by atoms with E-state index >= 15 is 0 Å². The minimum atomic E-state index is -0.555. The second kappa shape index (κ2) is 7.61. The molecule has 1 aromatic carbocycles. The number of amides is 1. The van der Waals surface area contributed by atoms with Crippen LogP contribution in [0.15, 0.2) is 58.9 Å². The Kier molecular flexibility index (Phi) is 5.31. The van der Waals surface area contributed by atoms with Crippen LogP contribution < -0.4 is 10.6 Å². The van der Waals surface area contributed by atoms with Crippen LogP contribution in [0.3, 0.4) is 0 Å². The van der Waals surface area contributed by atoms with E-state index < -0.39 is 5.91 Å². The van der Waals surface area contributed by atoms with Crippen molar-refractivity contribution in [2.75, 3.05) is 5.32 Å². The zero-order chi connectivity index (χ0) is 16.7. The number of furan rings is 1. The molecule has 0 aliphatic carbocycles. The first-order chi connectivity index (χ1) is 11.1. The van der Waals surface area contributed by atoms with Gasteiger partial charge in [-0.15, -0.1) is 0 Å². The maximum absolute atomic E-state index is 12.1. The molecule has 0 fully saturated rings. The largest absolute Gasteiger partial charge is 0.467 e. The molecule has 23 heavy (non-hydrogen) atoms. The number of anilines is 1. The highest BCUT2D eigenvalue weighted by Gasteiger charge is 2.10. The predicted octanol–water partition coefficient (Wildman–Crippen LogP) is 2.62. The number of benzene rings is 1. The summed E-state index contributed by atoms with van der Waals surface area (Å²) in [6.07, 6.45) is 2.87. The van der Waals surface area contributed by atoms with Crippen LogP contribution in [0.5, 0.6) is 0 Å². The standard InChI is InChI=1S/C17H15N3O3/c1-12(21)13-4-2-5-15(8-13)20-17(22)14(9-18)10-19-11-16-6-3-7-23-16/h2-8,10,19H,11H2,1H3,(H,20,22)/b14-10-. The van der Waals surface area contributed by atoms with Crippen molar-refractivity contribution >= 4 is 17.4 Å². The number of Topliss-reactive ketones (excluding diaryl/α,β-unsaturated/α-hetero) is 1. The van der Waals surface area contributed by atoms with Crippen LogP contribution in [0.1, 0.15) is 23.0 Å². The molecular formula is C17H15N3O3. The average Bonchev–Trinajstić information content (AvgIpc) is 3.05. The lowest BCUT2D eigenvalue weighted by Crippen LogP contribution is -2.16. The van der Waals surface area contributed by atoms with Crippen molar-refractivity contribution in [3.8, 4) is 6.07 Å². The van der Waals surface area contributed by atoms with Crippen LogP contribution in [0.2, 0.25) is 0 Å². The summed E-state index contributed by atoms with van der Waals surface area (Å²) in [7, 11) is 0. The summed E-state index contributed by atoms with van der Waals surface area (Å²) in [5.74, 6) is 0.0329. The first kappa shape index (κ1) is 16.0. The van der Waals surface area contributed by atoms with E-state index in [1.54, 1.807) is 42.7 Å². The fraction of sp³-hybridized carbons (Fsp3) is 0.118. The molecule has 0 aliphatic rings. The molecule has 0 saturated carbocycles. The maximum atomic E-state index is 12.1. The van der Waals surface area contributed by atoms with Gasteiger partial charge in [-0.05, 0) is 31.2 Å². The second-order valence-electron chi connectivity index (χ2n) is 4.72. The smallest absolute Gasteiger partial charge is 0.267 e. The highest BCUT2D eigenvalue weighted by atomic mass is 16.3. The van der Waals surface area contributed by atoms with Gasteiger partial charge in [-0.2, -0.15) is 5.26 Å². The van der Waals surface area contributed by atoms with Gasteiger partial charge in [0.05, 0.1) is 12.8 Å². The number of nitriles is 1. The Bertz CT molecular complexity index is 771. The third-order valence-corrected chi connectivity index (χ3v) is 2.99. The normalized spacial score (nSPS) is 10.7. The van der Waals surface area contributed by atoms with Gasteiger partial charge in [0.15, 0.2) is 5.78 Å². The SMILES string of the molecule is CC(=O)c1cccc(NC(=O)/C(C#N)=C\NCc2ccco2)c1. The van der Waals surface area contributed by atoms with Gasteiger partial charge in [-0.1, -0.05) is 12.1 Å². The zero-order valence-corrected chi connectivity index (χ0v) is 12.5. The topological polar surface area (TPSA) is 95.1 Å². The van der Waals surface area contributed by atoms with Gasteiger partial charge in [-0.3, -0.25) is 9.59 Å². The van der Waals surface area contributed by atoms with E-state index in [1.165, 1.54) is 13.1 Å². The van der Waals surface area contributed by atoms with Crippen molar-refractivity contribution < 1.29 is 14.0 Å². The first-order valence-electron chi connectivity index (χ1n) is 6.88. The number of rotatable bonds is 6. The van der Waals surface area contributed by atoms with Crippen molar-refractivity contribution in [1.29, 1.82) is 5.26 Å². The quantitative estimate of drug-likeness (QED) is 0.486. The van der Waals surface area contributed by atoms with Crippen LogP contribution in [0, 0.1) is 11.3 Å². The molecule has 0 saturated heterocycles.